The van der Waals surface area contributed by atoms with Crippen molar-refractivity contribution in [2.75, 3.05) is 25.2 Å². The number of esters is 1. The molecule has 0 aliphatic heterocycles. The van der Waals surface area contributed by atoms with Gasteiger partial charge in [-0.05, 0) is 0 Å². The topological polar surface area (TPSA) is 262 Å². The van der Waals surface area contributed by atoms with Crippen LogP contribution in [-0.2, 0) is 29.7 Å². The molecule has 5 heterocycles. The highest BCUT2D eigenvalue weighted by Crippen LogP contribution is 2.40. The summed E-state index contributed by atoms with van der Waals surface area (Å²) < 4.78 is 10.4. The fraction of sp³-hybridized carbons (Fsp3) is 0.400. The zero-order valence-electron chi connectivity index (χ0n) is 29.1. The van der Waals surface area contributed by atoms with E-state index in [2.05, 4.69) is 40.6 Å². The van der Waals surface area contributed by atoms with Gasteiger partial charge < -0.3 is 21.3 Å². The third-order valence-electron chi connectivity index (χ3n) is 7.44. The number of hydrogen-bond donors (Lipinski definition) is 3. The third kappa shape index (κ3) is 6.46. The molecule has 0 atom stereocenters. The van der Waals surface area contributed by atoms with E-state index in [1.54, 1.807) is 20.2 Å². The van der Waals surface area contributed by atoms with Gasteiger partial charge in [-0.3, -0.25) is 4.79 Å². The molecule has 5 aromatic heterocycles. The summed E-state index contributed by atoms with van der Waals surface area (Å²) in [6.45, 7) is 10.9. The number of carbonyl (C=O) groups is 2. The summed E-state index contributed by atoms with van der Waals surface area (Å²) in [4.78, 5) is 33.3. The van der Waals surface area contributed by atoms with Crippen LogP contribution in [0.2, 0.25) is 0 Å². The Morgan fingerprint density at radius 2 is 1.22 bits per heavy atom. The summed E-state index contributed by atoms with van der Waals surface area (Å²) in [7, 11) is 4.48. The number of aromatic nitrogens is 10. The molecule has 0 amide bonds. The van der Waals surface area contributed by atoms with Crippen molar-refractivity contribution in [3.63, 3.8) is 0 Å². The third-order valence-corrected chi connectivity index (χ3v) is 7.44. The molecule has 0 fully saturated rings. The number of anilines is 2. The number of ketones is 1. The average molecular weight is 687 g/mol. The normalized spacial score (nSPS) is 12.4. The molecule has 0 unspecified atom stereocenters. The molecule has 262 valence electrons. The Bertz CT molecular complexity index is 2010. The van der Waals surface area contributed by atoms with Gasteiger partial charge in [-0.15, -0.1) is 20.5 Å². The number of aliphatic hydroxyl groups is 1. The molecule has 0 radical (unpaired) electrons. The Hall–Kier alpha value is -6.18. The van der Waals surface area contributed by atoms with Gasteiger partial charge in [0.05, 0.1) is 36.5 Å². The molecule has 5 N–H and O–H groups in total. The Morgan fingerprint density at radius 1 is 0.780 bits per heavy atom. The highest BCUT2D eigenvalue weighted by Gasteiger charge is 2.30. The lowest BCUT2D eigenvalue weighted by Gasteiger charge is -2.15. The van der Waals surface area contributed by atoms with Crippen LogP contribution in [0, 0.1) is 0 Å². The number of methoxy groups -OCH3 is 1. The quantitative estimate of drug-likeness (QED) is 0.113. The van der Waals surface area contributed by atoms with Crippen molar-refractivity contribution in [2.45, 2.75) is 52.4 Å². The zero-order valence-corrected chi connectivity index (χ0v) is 29.1. The van der Waals surface area contributed by atoms with Gasteiger partial charge in [0.2, 0.25) is 0 Å². The van der Waals surface area contributed by atoms with Crippen molar-refractivity contribution >= 4 is 46.4 Å². The lowest BCUT2D eigenvalue weighted by Crippen LogP contribution is -2.14. The maximum absolute atomic E-state index is 12.3. The molecule has 0 spiro atoms. The minimum absolute atomic E-state index is 0.108. The highest BCUT2D eigenvalue weighted by atomic mass is 16.5. The molecule has 0 aliphatic rings. The summed E-state index contributed by atoms with van der Waals surface area (Å²) in [6, 6.07) is 1.59. The van der Waals surface area contributed by atoms with Crippen LogP contribution in [0.5, 0.6) is 0 Å². The average Bonchev–Trinajstić information content (AvgIpc) is 3.81. The summed E-state index contributed by atoms with van der Waals surface area (Å²) in [5.41, 5.74) is 13.9. The van der Waals surface area contributed by atoms with E-state index in [4.69, 9.17) is 26.4 Å². The van der Waals surface area contributed by atoms with Crippen LogP contribution in [0.1, 0.15) is 73.6 Å². The van der Waals surface area contributed by atoms with E-state index in [0.717, 1.165) is 0 Å². The lowest BCUT2D eigenvalue weighted by atomic mass is 9.91. The van der Waals surface area contributed by atoms with Gasteiger partial charge in [0.25, 0.3) is 0 Å². The van der Waals surface area contributed by atoms with E-state index in [1.807, 2.05) is 41.5 Å². The van der Waals surface area contributed by atoms with Gasteiger partial charge in [0, 0.05) is 31.0 Å². The Labute approximate surface area is 285 Å². The van der Waals surface area contributed by atoms with Crippen molar-refractivity contribution in [2.24, 2.45) is 34.6 Å². The van der Waals surface area contributed by atoms with Gasteiger partial charge in [-0.1, -0.05) is 41.5 Å². The van der Waals surface area contributed by atoms with Crippen LogP contribution in [0.25, 0.3) is 11.6 Å². The number of Topliss-reactive ketones (excluding diaryl/α,β-unsaturated/α-hetero) is 1. The number of nitrogen functional groups attached to an aromatic ring is 2. The molecule has 0 saturated carbocycles. The maximum atomic E-state index is 12.3. The molecular weight excluding hydrogens is 648 g/mol. The first-order valence-electron chi connectivity index (χ1n) is 15.2. The van der Waals surface area contributed by atoms with Crippen LogP contribution in [0.4, 0.5) is 34.6 Å². The molecule has 20 heteroatoms. The molecule has 0 bridgehead atoms. The zero-order chi connectivity index (χ0) is 36.7. The number of nitrogens with two attached hydrogens (primary N) is 2. The number of aliphatic hydroxyl groups excluding tert-OH is 1. The van der Waals surface area contributed by atoms with E-state index in [1.165, 1.54) is 44.6 Å². The Balaban J connectivity index is 1.60. The molecule has 5 rings (SSSR count). The Morgan fingerprint density at radius 3 is 1.64 bits per heavy atom. The first kappa shape index (κ1) is 35.1. The summed E-state index contributed by atoms with van der Waals surface area (Å²) in [6.07, 6.45) is 3.96. The van der Waals surface area contributed by atoms with Gasteiger partial charge in [-0.2, -0.15) is 29.8 Å². The van der Waals surface area contributed by atoms with Gasteiger partial charge in [0.1, 0.15) is 18.5 Å². The van der Waals surface area contributed by atoms with Crippen molar-refractivity contribution in [1.82, 2.24) is 49.1 Å². The molecule has 20 nitrogen and oxygen atoms in total. The number of rotatable bonds is 9. The molecule has 50 heavy (non-hydrogen) atoms. The van der Waals surface area contributed by atoms with Crippen LogP contribution in [-0.4, -0.2) is 79.7 Å². The number of ether oxygens (including phenoxy) is 1. The fourth-order valence-corrected chi connectivity index (χ4v) is 4.80. The lowest BCUT2D eigenvalue weighted by molar-refractivity contribution is 0.0601. The SMILES string of the molecule is COC(=O)c1cnn(C)c1N=Nc1c(C(C)(C)C)nn(-c2cc(-n3nc(C(C)(C)C)c(N=Nc4c(C(=O)CO)cnn4C)c3N)ncn2)c1N. The van der Waals surface area contributed by atoms with Gasteiger partial charge >= 0.3 is 5.97 Å². The van der Waals surface area contributed by atoms with Crippen molar-refractivity contribution < 1.29 is 19.4 Å². The van der Waals surface area contributed by atoms with E-state index >= 15 is 0 Å². The summed E-state index contributed by atoms with van der Waals surface area (Å²) >= 11 is 0. The first-order valence-corrected chi connectivity index (χ1v) is 15.2. The van der Waals surface area contributed by atoms with Crippen LogP contribution in [0.3, 0.4) is 0 Å². The van der Waals surface area contributed by atoms with Gasteiger partial charge in [-0.25, -0.2) is 24.1 Å². The minimum Gasteiger partial charge on any atom is -0.465 e. The van der Waals surface area contributed by atoms with Gasteiger partial charge in [0.15, 0.2) is 52.1 Å². The van der Waals surface area contributed by atoms with E-state index in [0.29, 0.717) is 11.4 Å². The molecule has 0 saturated heterocycles. The highest BCUT2D eigenvalue weighted by molar-refractivity contribution is 6.00. The number of carbonyl (C=O) groups excluding carboxylic acids is 2. The number of nitrogens with zero attached hydrogens (tertiary/aromatic N) is 14. The fourth-order valence-electron chi connectivity index (χ4n) is 4.80. The summed E-state index contributed by atoms with van der Waals surface area (Å²) in [5, 5.41) is 44.4. The number of hydrogen-bond acceptors (Lipinski definition) is 16. The molecule has 5 aromatic rings. The second kappa shape index (κ2) is 13.0. The van der Waals surface area contributed by atoms with Crippen LogP contribution in [0.15, 0.2) is 45.2 Å². The minimum atomic E-state index is -0.708. The maximum Gasteiger partial charge on any atom is 0.343 e. The van der Waals surface area contributed by atoms with Crippen molar-refractivity contribution in [1.29, 1.82) is 0 Å². The number of aryl methyl sites for hydroxylation is 2. The summed E-state index contributed by atoms with van der Waals surface area (Å²) in [5.74, 6) is -0.0936. The van der Waals surface area contributed by atoms with Crippen LogP contribution >= 0.6 is 0 Å². The van der Waals surface area contributed by atoms with Crippen molar-refractivity contribution in [3.05, 3.63) is 47.3 Å². The standard InChI is InChI=1S/C30H38N16O4/c1-29(2,3)22-20(37-39-26-15(17(48)13-47)11-35-43(26)7)24(31)45(41-22)18-10-19(34-14-33-18)46-25(32)21(23(42-46)30(4,5)6)38-40-27-16(28(49)50-9)12-36-44(27)8/h10-12,14,47H,13,31-32H2,1-9H3. The van der Waals surface area contributed by atoms with Crippen LogP contribution < -0.4 is 11.5 Å². The molecule has 0 aliphatic carbocycles. The van der Waals surface area contributed by atoms with Crippen molar-refractivity contribution in [3.8, 4) is 11.6 Å². The molecular formula is C30H38N16O4. The number of azo groups is 2. The second-order valence-corrected chi connectivity index (χ2v) is 13.2. The van der Waals surface area contributed by atoms with E-state index in [9.17, 15) is 14.7 Å². The smallest absolute Gasteiger partial charge is 0.343 e. The largest absolute Gasteiger partial charge is 0.465 e. The second-order valence-electron chi connectivity index (χ2n) is 13.2. The molecule has 0 aromatic carbocycles. The van der Waals surface area contributed by atoms with E-state index < -0.39 is 29.2 Å². The monoisotopic (exact) mass is 686 g/mol. The first-order chi connectivity index (χ1) is 23.5. The van der Waals surface area contributed by atoms with E-state index in [-0.39, 0.29) is 57.4 Å². The predicted molar refractivity (Wildman–Crippen MR) is 180 cm³/mol. The predicted octanol–water partition coefficient (Wildman–Crippen LogP) is 3.87. The Kier molecular flexibility index (Phi) is 9.15.